The minimum atomic E-state index is -0.753. The molecule has 0 unspecified atom stereocenters. The summed E-state index contributed by atoms with van der Waals surface area (Å²) < 4.78 is 7.86. The lowest BCUT2D eigenvalue weighted by molar-refractivity contribution is -0.130. The van der Waals surface area contributed by atoms with Crippen LogP contribution in [-0.2, 0) is 16.1 Å². The number of rotatable bonds is 11. The summed E-state index contributed by atoms with van der Waals surface area (Å²) in [4.78, 5) is 25.7. The fourth-order valence-electron chi connectivity index (χ4n) is 4.69. The SMILES string of the molecule is Cc1cccc(C)c1OCC(=O)N[C@@H](CC(C)C)C(=O)N/N=C\c1cn(Cc2ccc(Cl)c(Cl)c2)c2ccccc12. The topological polar surface area (TPSA) is 84.7 Å². The van der Waals surface area contributed by atoms with E-state index in [0.29, 0.717) is 28.8 Å². The lowest BCUT2D eigenvalue weighted by atomic mass is 10.0. The van der Waals surface area contributed by atoms with Crippen LogP contribution in [0.15, 0.2) is 72.0 Å². The van der Waals surface area contributed by atoms with E-state index in [-0.39, 0.29) is 18.4 Å². The van der Waals surface area contributed by atoms with Crippen molar-refractivity contribution in [2.45, 2.75) is 46.7 Å². The molecule has 0 aliphatic rings. The smallest absolute Gasteiger partial charge is 0.262 e. The maximum Gasteiger partial charge on any atom is 0.262 e. The molecule has 1 atom stereocenters. The van der Waals surface area contributed by atoms with Crippen molar-refractivity contribution >= 4 is 52.1 Å². The number of benzene rings is 3. The van der Waals surface area contributed by atoms with Crippen LogP contribution in [0.2, 0.25) is 10.0 Å². The first-order valence-corrected chi connectivity index (χ1v) is 14.2. The molecule has 0 bridgehead atoms. The number of fused-ring (bicyclic) bond motifs is 1. The Morgan fingerprint density at radius 2 is 1.73 bits per heavy atom. The van der Waals surface area contributed by atoms with Gasteiger partial charge in [0.05, 0.1) is 16.3 Å². The number of aromatic nitrogens is 1. The van der Waals surface area contributed by atoms with E-state index in [2.05, 4.69) is 20.4 Å². The molecule has 7 nitrogen and oxygen atoms in total. The second-order valence-corrected chi connectivity index (χ2v) is 11.3. The van der Waals surface area contributed by atoms with Crippen molar-refractivity contribution in [3.8, 4) is 5.75 Å². The lowest BCUT2D eigenvalue weighted by Crippen LogP contribution is -2.47. The Kier molecular flexibility index (Phi) is 10.1. The van der Waals surface area contributed by atoms with Gasteiger partial charge >= 0.3 is 0 Å². The molecule has 214 valence electrons. The Morgan fingerprint density at radius 1 is 1.00 bits per heavy atom. The van der Waals surface area contributed by atoms with E-state index < -0.39 is 11.9 Å². The van der Waals surface area contributed by atoms with Crippen LogP contribution in [-0.4, -0.2) is 35.2 Å². The van der Waals surface area contributed by atoms with Crippen LogP contribution in [0.25, 0.3) is 10.9 Å². The highest BCUT2D eigenvalue weighted by Crippen LogP contribution is 2.26. The molecule has 2 N–H and O–H groups in total. The Morgan fingerprint density at radius 3 is 2.44 bits per heavy atom. The van der Waals surface area contributed by atoms with Gasteiger partial charge in [0.25, 0.3) is 11.8 Å². The molecule has 1 heterocycles. The van der Waals surface area contributed by atoms with Crippen LogP contribution in [0, 0.1) is 19.8 Å². The molecule has 0 saturated carbocycles. The predicted octanol–water partition coefficient (Wildman–Crippen LogP) is 6.67. The summed E-state index contributed by atoms with van der Waals surface area (Å²) in [5.41, 5.74) is 7.36. The minimum absolute atomic E-state index is 0.175. The number of ether oxygens (including phenoxy) is 1. The summed E-state index contributed by atoms with van der Waals surface area (Å²) in [6.45, 7) is 8.24. The number of carbonyl (C=O) groups excluding carboxylic acids is 2. The highest BCUT2D eigenvalue weighted by molar-refractivity contribution is 6.42. The molecule has 2 amide bonds. The third kappa shape index (κ3) is 7.90. The molecule has 4 aromatic rings. The van der Waals surface area contributed by atoms with Crippen molar-refractivity contribution in [1.82, 2.24) is 15.3 Å². The van der Waals surface area contributed by atoms with E-state index in [4.69, 9.17) is 27.9 Å². The van der Waals surface area contributed by atoms with Crippen molar-refractivity contribution in [2.75, 3.05) is 6.61 Å². The highest BCUT2D eigenvalue weighted by atomic mass is 35.5. The first-order valence-electron chi connectivity index (χ1n) is 13.5. The van der Waals surface area contributed by atoms with Gasteiger partial charge in [-0.2, -0.15) is 5.10 Å². The molecule has 4 rings (SSSR count). The number of hydrogen-bond donors (Lipinski definition) is 2. The van der Waals surface area contributed by atoms with Gasteiger partial charge in [0, 0.05) is 29.2 Å². The molecular weight excluding hydrogens is 559 g/mol. The normalized spacial score (nSPS) is 12.2. The molecule has 3 aromatic carbocycles. The van der Waals surface area contributed by atoms with E-state index in [1.807, 2.05) is 88.5 Å². The van der Waals surface area contributed by atoms with Crippen LogP contribution >= 0.6 is 23.2 Å². The van der Waals surface area contributed by atoms with Gasteiger partial charge in [0.15, 0.2) is 6.61 Å². The highest BCUT2D eigenvalue weighted by Gasteiger charge is 2.22. The van der Waals surface area contributed by atoms with Crippen LogP contribution in [0.4, 0.5) is 0 Å². The number of nitrogens with zero attached hydrogens (tertiary/aromatic N) is 2. The first-order chi connectivity index (χ1) is 19.6. The van der Waals surface area contributed by atoms with Crippen LogP contribution in [0.5, 0.6) is 5.75 Å². The number of hydrogen-bond acceptors (Lipinski definition) is 4. The number of amides is 2. The Labute approximate surface area is 250 Å². The second kappa shape index (κ2) is 13.7. The van der Waals surface area contributed by atoms with Gasteiger partial charge in [-0.3, -0.25) is 9.59 Å². The van der Waals surface area contributed by atoms with Gasteiger partial charge in [0.2, 0.25) is 0 Å². The van der Waals surface area contributed by atoms with Gasteiger partial charge in [-0.25, -0.2) is 5.43 Å². The predicted molar refractivity (Wildman–Crippen MR) is 166 cm³/mol. The molecule has 9 heteroatoms. The van der Waals surface area contributed by atoms with Crippen molar-refractivity contribution in [3.05, 3.63) is 99.2 Å². The molecule has 0 radical (unpaired) electrons. The molecule has 0 aliphatic carbocycles. The largest absolute Gasteiger partial charge is 0.483 e. The van der Waals surface area contributed by atoms with Crippen LogP contribution in [0.3, 0.4) is 0 Å². The standard InChI is InChI=1S/C32H34Cl2N4O3/c1-20(2)14-28(36-30(39)19-41-31-21(3)8-7-9-22(31)4)32(40)37-35-16-24-18-38(29-11-6-5-10-25(24)29)17-23-12-13-26(33)27(34)15-23/h5-13,15-16,18,20,28H,14,17,19H2,1-4H3,(H,36,39)(H,37,40)/b35-16-/t28-/m0/s1. The Bertz CT molecular complexity index is 1560. The average molecular weight is 594 g/mol. The van der Waals surface area contributed by atoms with E-state index in [1.165, 1.54) is 0 Å². The Balaban J connectivity index is 1.43. The summed E-state index contributed by atoms with van der Waals surface area (Å²) in [6, 6.07) is 18.6. The van der Waals surface area contributed by atoms with Gasteiger partial charge in [0.1, 0.15) is 11.8 Å². The van der Waals surface area contributed by atoms with Crippen molar-refractivity contribution in [2.24, 2.45) is 11.0 Å². The van der Waals surface area contributed by atoms with Crippen molar-refractivity contribution in [1.29, 1.82) is 0 Å². The van der Waals surface area contributed by atoms with E-state index in [9.17, 15) is 9.59 Å². The summed E-state index contributed by atoms with van der Waals surface area (Å²) in [7, 11) is 0. The zero-order valence-corrected chi connectivity index (χ0v) is 25.1. The number of para-hydroxylation sites is 2. The summed E-state index contributed by atoms with van der Waals surface area (Å²) in [6.07, 6.45) is 4.05. The number of halogens is 2. The monoisotopic (exact) mass is 592 g/mol. The van der Waals surface area contributed by atoms with Gasteiger partial charge < -0.3 is 14.6 Å². The molecule has 1 aromatic heterocycles. The molecule has 41 heavy (non-hydrogen) atoms. The molecule has 0 spiro atoms. The molecule has 0 fully saturated rings. The van der Waals surface area contributed by atoms with Gasteiger partial charge in [-0.15, -0.1) is 0 Å². The quantitative estimate of drug-likeness (QED) is 0.150. The van der Waals surface area contributed by atoms with Crippen molar-refractivity contribution < 1.29 is 14.3 Å². The molecule has 0 saturated heterocycles. The zero-order chi connectivity index (χ0) is 29.5. The third-order valence-electron chi connectivity index (χ3n) is 6.65. The number of aryl methyl sites for hydroxylation is 2. The van der Waals surface area contributed by atoms with E-state index >= 15 is 0 Å². The van der Waals surface area contributed by atoms with Gasteiger partial charge in [-0.1, -0.05) is 79.5 Å². The van der Waals surface area contributed by atoms with Crippen LogP contribution in [0.1, 0.15) is 42.5 Å². The second-order valence-electron chi connectivity index (χ2n) is 10.5. The molecular formula is C32H34Cl2N4O3. The minimum Gasteiger partial charge on any atom is -0.483 e. The number of carbonyl (C=O) groups is 2. The zero-order valence-electron chi connectivity index (χ0n) is 23.6. The summed E-state index contributed by atoms with van der Waals surface area (Å²) >= 11 is 12.3. The van der Waals surface area contributed by atoms with Crippen molar-refractivity contribution in [3.63, 3.8) is 0 Å². The maximum atomic E-state index is 13.0. The summed E-state index contributed by atoms with van der Waals surface area (Å²) in [5, 5.41) is 9.04. The van der Waals surface area contributed by atoms with Gasteiger partial charge in [-0.05, 0) is 61.1 Å². The number of nitrogens with one attached hydrogen (secondary N) is 2. The molecule has 0 aliphatic heterocycles. The maximum absolute atomic E-state index is 13.0. The fourth-order valence-corrected chi connectivity index (χ4v) is 5.01. The lowest BCUT2D eigenvalue weighted by Gasteiger charge is -2.19. The summed E-state index contributed by atoms with van der Waals surface area (Å²) in [5.74, 6) is 0.0852. The van der Waals surface area contributed by atoms with Crippen LogP contribution < -0.4 is 15.5 Å². The third-order valence-corrected chi connectivity index (χ3v) is 7.39. The first kappa shape index (κ1) is 30.2. The Hall–Kier alpha value is -3.81. The average Bonchev–Trinajstić information content (AvgIpc) is 3.27. The number of hydrazone groups is 1. The van der Waals surface area contributed by atoms with E-state index in [1.54, 1.807) is 12.3 Å². The fraction of sp³-hybridized carbons (Fsp3) is 0.281. The van der Waals surface area contributed by atoms with E-state index in [0.717, 1.165) is 33.2 Å².